The van der Waals surface area contributed by atoms with Crippen molar-refractivity contribution in [3.05, 3.63) is 60.2 Å². The monoisotopic (exact) mass is 273 g/mol. The first-order valence-corrected chi connectivity index (χ1v) is 6.32. The minimum atomic E-state index is -0.610. The molecule has 2 aromatic rings. The Labute approximate surface area is 117 Å². The predicted molar refractivity (Wildman–Crippen MR) is 76.2 cm³/mol. The number of rotatable bonds is 5. The van der Waals surface area contributed by atoms with E-state index in [1.807, 2.05) is 42.3 Å². The maximum absolute atomic E-state index is 13.4. The molecule has 1 aromatic carbocycles. The summed E-state index contributed by atoms with van der Waals surface area (Å²) in [5.41, 5.74) is 1.08. The van der Waals surface area contributed by atoms with Crippen LogP contribution in [0.25, 0.3) is 0 Å². The lowest BCUT2D eigenvalue weighted by Crippen LogP contribution is -2.33. The molecule has 0 saturated heterocycles. The average Bonchev–Trinajstić information content (AvgIpc) is 2.48. The molecule has 1 heterocycles. The third kappa shape index (κ3) is 3.54. The van der Waals surface area contributed by atoms with Crippen molar-refractivity contribution in [3.8, 4) is 0 Å². The number of halogens is 1. The molecule has 5 heteroatoms. The molecule has 1 N–H and O–H groups in total. The van der Waals surface area contributed by atoms with Gasteiger partial charge in [-0.2, -0.15) is 0 Å². The summed E-state index contributed by atoms with van der Waals surface area (Å²) in [6, 6.07) is 11.2. The summed E-state index contributed by atoms with van der Waals surface area (Å²) in [6.07, 6.45) is 2.43. The van der Waals surface area contributed by atoms with Crippen molar-refractivity contribution in [1.29, 1.82) is 0 Å². The minimum Gasteiger partial charge on any atom is -0.373 e. The molecule has 1 amide bonds. The van der Waals surface area contributed by atoms with Crippen LogP contribution in [0.4, 0.5) is 10.1 Å². The smallest absolute Gasteiger partial charge is 0.254 e. The van der Waals surface area contributed by atoms with E-state index in [9.17, 15) is 9.18 Å². The third-order valence-electron chi connectivity index (χ3n) is 2.95. The van der Waals surface area contributed by atoms with Crippen LogP contribution in [0.15, 0.2) is 48.8 Å². The second kappa shape index (κ2) is 6.65. The van der Waals surface area contributed by atoms with Gasteiger partial charge in [0.05, 0.1) is 11.8 Å². The van der Waals surface area contributed by atoms with Crippen LogP contribution in [0, 0.1) is 5.82 Å². The van der Waals surface area contributed by atoms with Gasteiger partial charge in [0.15, 0.2) is 5.82 Å². The number of aromatic nitrogens is 1. The van der Waals surface area contributed by atoms with Crippen LogP contribution >= 0.6 is 0 Å². The predicted octanol–water partition coefficient (Wildman–Crippen LogP) is 2.09. The molecule has 0 unspecified atom stereocenters. The lowest BCUT2D eigenvalue weighted by Gasteiger charge is -2.19. The van der Waals surface area contributed by atoms with E-state index in [0.717, 1.165) is 11.9 Å². The number of carbonyl (C=O) groups is 1. The Bertz CT molecular complexity index is 574. The highest BCUT2D eigenvalue weighted by molar-refractivity contribution is 5.94. The first kappa shape index (κ1) is 14.0. The van der Waals surface area contributed by atoms with Gasteiger partial charge >= 0.3 is 0 Å². The fourth-order valence-electron chi connectivity index (χ4n) is 1.80. The van der Waals surface area contributed by atoms with E-state index in [-0.39, 0.29) is 5.56 Å². The average molecular weight is 273 g/mol. The summed E-state index contributed by atoms with van der Waals surface area (Å²) in [7, 11) is 1.94. The Hall–Kier alpha value is -2.43. The van der Waals surface area contributed by atoms with Crippen LogP contribution < -0.4 is 10.2 Å². The maximum Gasteiger partial charge on any atom is 0.254 e. The van der Waals surface area contributed by atoms with Crippen LogP contribution in [-0.2, 0) is 0 Å². The maximum atomic E-state index is 13.4. The van der Waals surface area contributed by atoms with Crippen molar-refractivity contribution in [1.82, 2.24) is 10.3 Å². The fourth-order valence-corrected chi connectivity index (χ4v) is 1.80. The number of hydrogen-bond donors (Lipinski definition) is 1. The number of pyridine rings is 1. The SMILES string of the molecule is CN(CCNC(=O)c1ccncc1F)c1ccccc1. The molecule has 0 aliphatic heterocycles. The van der Waals surface area contributed by atoms with Gasteiger partial charge in [-0.1, -0.05) is 18.2 Å². The fraction of sp³-hybridized carbons (Fsp3) is 0.200. The molecule has 104 valence electrons. The lowest BCUT2D eigenvalue weighted by molar-refractivity contribution is 0.0950. The standard InChI is InChI=1S/C15H16FN3O/c1-19(12-5-3-2-4-6-12)10-9-18-15(20)13-7-8-17-11-14(13)16/h2-8,11H,9-10H2,1H3,(H,18,20). The summed E-state index contributed by atoms with van der Waals surface area (Å²) in [4.78, 5) is 17.4. The number of para-hydroxylation sites is 1. The van der Waals surface area contributed by atoms with Crippen molar-refractivity contribution >= 4 is 11.6 Å². The highest BCUT2D eigenvalue weighted by Crippen LogP contribution is 2.10. The van der Waals surface area contributed by atoms with Gasteiger partial charge in [-0.15, -0.1) is 0 Å². The summed E-state index contributed by atoms with van der Waals surface area (Å²) in [5, 5.41) is 2.69. The van der Waals surface area contributed by atoms with Gasteiger partial charge in [0, 0.05) is 32.0 Å². The van der Waals surface area contributed by atoms with Gasteiger partial charge in [-0.25, -0.2) is 4.39 Å². The van der Waals surface area contributed by atoms with E-state index in [0.29, 0.717) is 13.1 Å². The van der Waals surface area contributed by atoms with Crippen molar-refractivity contribution in [2.24, 2.45) is 0 Å². The highest BCUT2D eigenvalue weighted by atomic mass is 19.1. The molecule has 0 fully saturated rings. The van der Waals surface area contributed by atoms with E-state index in [1.165, 1.54) is 12.3 Å². The number of hydrogen-bond acceptors (Lipinski definition) is 3. The van der Waals surface area contributed by atoms with Gasteiger partial charge in [0.25, 0.3) is 5.91 Å². The van der Waals surface area contributed by atoms with Gasteiger partial charge in [-0.3, -0.25) is 9.78 Å². The Morgan fingerprint density at radius 2 is 2.05 bits per heavy atom. The Morgan fingerprint density at radius 1 is 1.30 bits per heavy atom. The summed E-state index contributed by atoms with van der Waals surface area (Å²) in [6.45, 7) is 1.08. The first-order valence-electron chi connectivity index (χ1n) is 6.32. The molecule has 0 spiro atoms. The van der Waals surface area contributed by atoms with Crippen molar-refractivity contribution < 1.29 is 9.18 Å². The molecule has 0 radical (unpaired) electrons. The number of likely N-dealkylation sites (N-methyl/N-ethyl adjacent to an activating group) is 1. The molecule has 0 saturated carbocycles. The highest BCUT2D eigenvalue weighted by Gasteiger charge is 2.10. The van der Waals surface area contributed by atoms with Gasteiger partial charge < -0.3 is 10.2 Å². The van der Waals surface area contributed by atoms with E-state index in [2.05, 4.69) is 10.3 Å². The molecule has 2 rings (SSSR count). The zero-order chi connectivity index (χ0) is 14.4. The van der Waals surface area contributed by atoms with Gasteiger partial charge in [0.1, 0.15) is 0 Å². The van der Waals surface area contributed by atoms with Crippen LogP contribution in [0.3, 0.4) is 0 Å². The summed E-state index contributed by atoms with van der Waals surface area (Å²) < 4.78 is 13.4. The number of benzene rings is 1. The minimum absolute atomic E-state index is 0.0161. The summed E-state index contributed by atoms with van der Waals surface area (Å²) in [5.74, 6) is -1.03. The zero-order valence-corrected chi connectivity index (χ0v) is 11.2. The Kier molecular flexibility index (Phi) is 4.65. The molecule has 1 aromatic heterocycles. The topological polar surface area (TPSA) is 45.2 Å². The van der Waals surface area contributed by atoms with Crippen molar-refractivity contribution in [2.75, 3.05) is 25.0 Å². The molecular formula is C15H16FN3O. The van der Waals surface area contributed by atoms with E-state index >= 15 is 0 Å². The quantitative estimate of drug-likeness (QED) is 0.907. The second-order valence-corrected chi connectivity index (χ2v) is 4.37. The molecule has 0 aliphatic carbocycles. The number of amides is 1. The van der Waals surface area contributed by atoms with Gasteiger partial charge in [-0.05, 0) is 18.2 Å². The Balaban J connectivity index is 1.84. The van der Waals surface area contributed by atoms with Crippen LogP contribution in [-0.4, -0.2) is 31.0 Å². The molecular weight excluding hydrogens is 257 g/mol. The number of anilines is 1. The van der Waals surface area contributed by atoms with Crippen LogP contribution in [0.2, 0.25) is 0 Å². The third-order valence-corrected chi connectivity index (χ3v) is 2.95. The molecule has 0 atom stereocenters. The van der Waals surface area contributed by atoms with E-state index in [4.69, 9.17) is 0 Å². The normalized spacial score (nSPS) is 10.1. The van der Waals surface area contributed by atoms with Crippen LogP contribution in [0.5, 0.6) is 0 Å². The molecule has 0 bridgehead atoms. The van der Waals surface area contributed by atoms with E-state index < -0.39 is 11.7 Å². The van der Waals surface area contributed by atoms with Gasteiger partial charge in [0.2, 0.25) is 0 Å². The van der Waals surface area contributed by atoms with Crippen molar-refractivity contribution in [3.63, 3.8) is 0 Å². The molecule has 0 aliphatic rings. The Morgan fingerprint density at radius 3 is 2.75 bits per heavy atom. The number of carbonyl (C=O) groups excluding carboxylic acids is 1. The number of nitrogens with zero attached hydrogens (tertiary/aromatic N) is 2. The van der Waals surface area contributed by atoms with Crippen LogP contribution in [0.1, 0.15) is 10.4 Å². The largest absolute Gasteiger partial charge is 0.373 e. The first-order chi connectivity index (χ1) is 9.68. The zero-order valence-electron chi connectivity index (χ0n) is 11.2. The van der Waals surface area contributed by atoms with E-state index in [1.54, 1.807) is 0 Å². The lowest BCUT2D eigenvalue weighted by atomic mass is 10.2. The summed E-state index contributed by atoms with van der Waals surface area (Å²) >= 11 is 0. The molecule has 20 heavy (non-hydrogen) atoms. The van der Waals surface area contributed by atoms with Crippen molar-refractivity contribution in [2.45, 2.75) is 0 Å². The number of nitrogens with one attached hydrogen (secondary N) is 1. The second-order valence-electron chi connectivity index (χ2n) is 4.37. The molecule has 4 nitrogen and oxygen atoms in total.